The molecule has 2 aliphatic rings. The first-order valence-corrected chi connectivity index (χ1v) is 7.66. The summed E-state index contributed by atoms with van der Waals surface area (Å²) in [6.07, 6.45) is 4.20. The molecule has 1 aromatic rings. The molecule has 0 spiro atoms. The van der Waals surface area contributed by atoms with E-state index in [1.807, 2.05) is 0 Å². The van der Waals surface area contributed by atoms with Gasteiger partial charge in [-0.25, -0.2) is 4.79 Å². The van der Waals surface area contributed by atoms with Crippen molar-refractivity contribution < 1.29 is 14.7 Å². The van der Waals surface area contributed by atoms with Crippen molar-refractivity contribution in [2.45, 2.75) is 43.8 Å². The van der Waals surface area contributed by atoms with Crippen molar-refractivity contribution in [2.75, 3.05) is 7.05 Å². The summed E-state index contributed by atoms with van der Waals surface area (Å²) in [6, 6.07) is 6.82. The Balaban J connectivity index is 0.00000192. The van der Waals surface area contributed by atoms with Gasteiger partial charge in [-0.1, -0.05) is 12.1 Å². The number of carbonyl (C=O) groups excluding carboxylic acids is 2. The highest BCUT2D eigenvalue weighted by Crippen LogP contribution is 2.34. The van der Waals surface area contributed by atoms with Crippen molar-refractivity contribution in [3.05, 3.63) is 29.8 Å². The third-order valence-corrected chi connectivity index (χ3v) is 4.81. The van der Waals surface area contributed by atoms with Gasteiger partial charge in [0.1, 0.15) is 5.75 Å². The number of halogens is 1. The molecule has 2 bridgehead atoms. The molecule has 6 nitrogen and oxygen atoms in total. The fourth-order valence-electron chi connectivity index (χ4n) is 3.59. The number of carbonyl (C=O) groups is 2. The number of fused-ring (bicyclic) bond motifs is 2. The van der Waals surface area contributed by atoms with E-state index in [0.29, 0.717) is 12.1 Å². The van der Waals surface area contributed by atoms with Gasteiger partial charge in [-0.3, -0.25) is 10.1 Å². The van der Waals surface area contributed by atoms with Gasteiger partial charge in [-0.05, 0) is 44.9 Å². The van der Waals surface area contributed by atoms with E-state index in [9.17, 15) is 14.7 Å². The van der Waals surface area contributed by atoms with E-state index in [4.69, 9.17) is 0 Å². The third-order valence-electron chi connectivity index (χ3n) is 4.81. The maximum atomic E-state index is 12.0. The number of piperidine rings is 1. The van der Waals surface area contributed by atoms with Gasteiger partial charge in [0.25, 0.3) is 5.91 Å². The minimum absolute atomic E-state index is 0. The van der Waals surface area contributed by atoms with E-state index < -0.39 is 11.9 Å². The zero-order chi connectivity index (χ0) is 15.7. The number of phenols is 1. The van der Waals surface area contributed by atoms with Crippen LogP contribution in [0.2, 0.25) is 0 Å². The summed E-state index contributed by atoms with van der Waals surface area (Å²) in [5.41, 5.74) is 0.0982. The number of aromatic hydroxyl groups is 1. The Morgan fingerprint density at radius 1 is 1.17 bits per heavy atom. The molecule has 2 saturated heterocycles. The van der Waals surface area contributed by atoms with E-state index >= 15 is 0 Å². The first kappa shape index (κ1) is 17.6. The molecule has 0 saturated carbocycles. The molecule has 0 aliphatic carbocycles. The Labute approximate surface area is 141 Å². The first-order chi connectivity index (χ1) is 10.5. The molecular formula is C16H22ClN3O3. The number of phenolic OH excluding ortho intramolecular Hbond substituents is 1. The molecular weight excluding hydrogens is 318 g/mol. The lowest BCUT2D eigenvalue weighted by molar-refractivity contribution is 0.0957. The molecule has 2 unspecified atom stereocenters. The predicted octanol–water partition coefficient (Wildman–Crippen LogP) is 1.88. The van der Waals surface area contributed by atoms with Crippen LogP contribution >= 0.6 is 12.4 Å². The highest BCUT2D eigenvalue weighted by atomic mass is 35.5. The van der Waals surface area contributed by atoms with E-state index in [2.05, 4.69) is 22.6 Å². The van der Waals surface area contributed by atoms with Crippen molar-refractivity contribution >= 4 is 24.3 Å². The number of hydrogen-bond donors (Lipinski definition) is 3. The van der Waals surface area contributed by atoms with Gasteiger partial charge in [-0.2, -0.15) is 0 Å². The van der Waals surface area contributed by atoms with E-state index in [-0.39, 0.29) is 29.8 Å². The zero-order valence-electron chi connectivity index (χ0n) is 13.0. The first-order valence-electron chi connectivity index (χ1n) is 7.66. The zero-order valence-corrected chi connectivity index (χ0v) is 13.8. The van der Waals surface area contributed by atoms with Crippen LogP contribution in [0.5, 0.6) is 5.75 Å². The Morgan fingerprint density at radius 3 is 2.39 bits per heavy atom. The van der Waals surface area contributed by atoms with Gasteiger partial charge >= 0.3 is 6.03 Å². The van der Waals surface area contributed by atoms with Gasteiger partial charge in [0.05, 0.1) is 5.56 Å². The van der Waals surface area contributed by atoms with Crippen LogP contribution in [0, 0.1) is 0 Å². The number of urea groups is 1. The number of amides is 3. The number of nitrogens with zero attached hydrogens (tertiary/aromatic N) is 1. The molecule has 2 aliphatic heterocycles. The monoisotopic (exact) mass is 339 g/mol. The Morgan fingerprint density at radius 2 is 1.78 bits per heavy atom. The van der Waals surface area contributed by atoms with Crippen molar-refractivity contribution in [3.63, 3.8) is 0 Å². The molecule has 2 fully saturated rings. The minimum atomic E-state index is -0.591. The van der Waals surface area contributed by atoms with Crippen molar-refractivity contribution in [1.29, 1.82) is 0 Å². The normalized spacial score (nSPS) is 26.2. The van der Waals surface area contributed by atoms with Gasteiger partial charge in [0.15, 0.2) is 0 Å². The summed E-state index contributed by atoms with van der Waals surface area (Å²) in [5.74, 6) is -0.725. The summed E-state index contributed by atoms with van der Waals surface area (Å²) >= 11 is 0. The van der Waals surface area contributed by atoms with Crippen LogP contribution in [-0.2, 0) is 0 Å². The highest BCUT2D eigenvalue weighted by Gasteiger charge is 2.38. The molecule has 126 valence electrons. The SMILES string of the molecule is CN1C2CCC1CC(NC(=O)NC(=O)c1ccccc1O)C2.Cl. The largest absolute Gasteiger partial charge is 0.507 e. The van der Waals surface area contributed by atoms with Crippen LogP contribution in [0.25, 0.3) is 0 Å². The lowest BCUT2D eigenvalue weighted by Crippen LogP contribution is -2.51. The van der Waals surface area contributed by atoms with E-state index in [1.165, 1.54) is 25.0 Å². The number of benzene rings is 1. The number of para-hydroxylation sites is 1. The summed E-state index contributed by atoms with van der Waals surface area (Å²) in [6.45, 7) is 0. The van der Waals surface area contributed by atoms with Crippen LogP contribution in [0.1, 0.15) is 36.0 Å². The van der Waals surface area contributed by atoms with Crippen molar-refractivity contribution in [1.82, 2.24) is 15.5 Å². The van der Waals surface area contributed by atoms with Crippen LogP contribution < -0.4 is 10.6 Å². The average molecular weight is 340 g/mol. The van der Waals surface area contributed by atoms with Crippen molar-refractivity contribution in [2.24, 2.45) is 0 Å². The molecule has 0 radical (unpaired) electrons. The van der Waals surface area contributed by atoms with Crippen LogP contribution in [0.3, 0.4) is 0 Å². The van der Waals surface area contributed by atoms with Gasteiger partial charge < -0.3 is 15.3 Å². The smallest absolute Gasteiger partial charge is 0.321 e. The molecule has 0 aromatic heterocycles. The fourth-order valence-corrected chi connectivity index (χ4v) is 3.59. The average Bonchev–Trinajstić information content (AvgIpc) is 2.70. The number of hydrogen-bond acceptors (Lipinski definition) is 4. The molecule has 3 N–H and O–H groups in total. The Bertz CT molecular complexity index is 582. The number of nitrogens with one attached hydrogen (secondary N) is 2. The third kappa shape index (κ3) is 3.76. The lowest BCUT2D eigenvalue weighted by atomic mass is 9.98. The summed E-state index contributed by atoms with van der Waals surface area (Å²) in [7, 11) is 2.14. The maximum absolute atomic E-state index is 12.0. The van der Waals surface area contributed by atoms with Gasteiger partial charge in [-0.15, -0.1) is 12.4 Å². The van der Waals surface area contributed by atoms with Crippen LogP contribution in [-0.4, -0.2) is 47.1 Å². The molecule has 23 heavy (non-hydrogen) atoms. The van der Waals surface area contributed by atoms with Gasteiger partial charge in [0.2, 0.25) is 0 Å². The highest BCUT2D eigenvalue weighted by molar-refractivity contribution is 6.05. The second-order valence-electron chi connectivity index (χ2n) is 6.16. The summed E-state index contributed by atoms with van der Waals surface area (Å²) < 4.78 is 0. The molecule has 7 heteroatoms. The predicted molar refractivity (Wildman–Crippen MR) is 88.9 cm³/mol. The molecule has 3 amide bonds. The standard InChI is InChI=1S/C16H21N3O3.ClH/c1-19-11-6-7-12(19)9-10(8-11)17-16(22)18-15(21)13-4-2-3-5-14(13)20;/h2-5,10-12,20H,6-9H2,1H3,(H2,17,18,21,22);1H. The van der Waals surface area contributed by atoms with Crippen LogP contribution in [0.4, 0.5) is 4.79 Å². The maximum Gasteiger partial charge on any atom is 0.321 e. The van der Waals surface area contributed by atoms with Crippen molar-refractivity contribution in [3.8, 4) is 5.75 Å². The molecule has 2 atom stereocenters. The topological polar surface area (TPSA) is 81.7 Å². The number of imide groups is 1. The second kappa shape index (κ2) is 7.19. The molecule has 1 aromatic carbocycles. The number of rotatable bonds is 2. The van der Waals surface area contributed by atoms with Gasteiger partial charge in [0, 0.05) is 18.1 Å². The Kier molecular flexibility index (Phi) is 5.49. The Hall–Kier alpha value is -1.79. The minimum Gasteiger partial charge on any atom is -0.507 e. The van der Waals surface area contributed by atoms with E-state index in [0.717, 1.165) is 12.8 Å². The lowest BCUT2D eigenvalue weighted by Gasteiger charge is -2.36. The fraction of sp³-hybridized carbons (Fsp3) is 0.500. The quantitative estimate of drug-likeness (QED) is 0.768. The molecule has 3 rings (SSSR count). The summed E-state index contributed by atoms with van der Waals surface area (Å²) in [4.78, 5) is 26.3. The van der Waals surface area contributed by atoms with E-state index in [1.54, 1.807) is 12.1 Å². The molecule has 2 heterocycles. The van der Waals surface area contributed by atoms with Crippen LogP contribution in [0.15, 0.2) is 24.3 Å². The second-order valence-corrected chi connectivity index (χ2v) is 6.16. The summed E-state index contributed by atoms with van der Waals surface area (Å²) in [5, 5.41) is 14.8.